The van der Waals surface area contributed by atoms with Crippen molar-refractivity contribution in [2.75, 3.05) is 0 Å². The predicted octanol–water partition coefficient (Wildman–Crippen LogP) is 4.02. The largest absolute Gasteiger partial charge is 0.374 e. The van der Waals surface area contributed by atoms with Gasteiger partial charge >= 0.3 is 0 Å². The molecule has 1 fully saturated rings. The van der Waals surface area contributed by atoms with Gasteiger partial charge in [-0.05, 0) is 50.3 Å². The summed E-state index contributed by atoms with van der Waals surface area (Å²) in [5, 5.41) is 13.8. The van der Waals surface area contributed by atoms with E-state index in [1.54, 1.807) is 6.92 Å². The van der Waals surface area contributed by atoms with Crippen molar-refractivity contribution in [2.24, 2.45) is 5.92 Å². The summed E-state index contributed by atoms with van der Waals surface area (Å²) in [7, 11) is 0. The number of allylic oxidation sites excluding steroid dienone is 5. The maximum atomic E-state index is 12.6. The van der Waals surface area contributed by atoms with E-state index in [9.17, 15) is 9.90 Å². The summed E-state index contributed by atoms with van der Waals surface area (Å²) < 4.78 is 0. The third-order valence-corrected chi connectivity index (χ3v) is 5.28. The molecule has 3 heteroatoms. The molecule has 2 N–H and O–H groups in total. The summed E-state index contributed by atoms with van der Waals surface area (Å²) in [5.41, 5.74) is 1.11. The van der Waals surface area contributed by atoms with Gasteiger partial charge in [0.1, 0.15) is 5.60 Å². The molecule has 2 unspecified atom stereocenters. The maximum absolute atomic E-state index is 12.6. The van der Waals surface area contributed by atoms with E-state index < -0.39 is 5.60 Å². The number of aliphatic hydroxyl groups is 1. The normalized spacial score (nSPS) is 21.5. The van der Waals surface area contributed by atoms with E-state index in [0.717, 1.165) is 36.0 Å². The first-order valence-corrected chi connectivity index (χ1v) is 9.71. The zero-order valence-electron chi connectivity index (χ0n) is 16.0. The van der Waals surface area contributed by atoms with Crippen LogP contribution in [0.25, 0.3) is 0 Å². The highest BCUT2D eigenvalue weighted by Gasteiger charge is 2.24. The smallest absolute Gasteiger partial charge is 0.248 e. The molecule has 1 aromatic carbocycles. The molecule has 3 nitrogen and oxygen atoms in total. The Morgan fingerprint density at radius 3 is 2.63 bits per heavy atom. The Morgan fingerprint density at radius 1 is 1.26 bits per heavy atom. The summed E-state index contributed by atoms with van der Waals surface area (Å²) in [6, 6.07) is 9.74. The zero-order valence-corrected chi connectivity index (χ0v) is 16.0. The second-order valence-corrected chi connectivity index (χ2v) is 7.41. The number of hydrogen-bond acceptors (Lipinski definition) is 2. The van der Waals surface area contributed by atoms with Crippen LogP contribution in [0.4, 0.5) is 0 Å². The van der Waals surface area contributed by atoms with Crippen LogP contribution in [0.3, 0.4) is 0 Å². The Morgan fingerprint density at radius 2 is 2.00 bits per heavy atom. The van der Waals surface area contributed by atoms with Crippen molar-refractivity contribution in [3.8, 4) is 11.8 Å². The molecule has 1 amide bonds. The van der Waals surface area contributed by atoms with Gasteiger partial charge in [-0.2, -0.15) is 0 Å². The molecule has 140 valence electrons. The van der Waals surface area contributed by atoms with Crippen LogP contribution in [0, 0.1) is 17.8 Å². The summed E-state index contributed by atoms with van der Waals surface area (Å²) in [5.74, 6) is 6.13. The van der Waals surface area contributed by atoms with Gasteiger partial charge < -0.3 is 10.4 Å². The van der Waals surface area contributed by atoms with Crippen LogP contribution < -0.4 is 5.32 Å². The molecule has 0 saturated heterocycles. The minimum atomic E-state index is -1.22. The fraction of sp³-hybridized carbons (Fsp3) is 0.375. The van der Waals surface area contributed by atoms with Crippen LogP contribution in [0.1, 0.15) is 45.1 Å². The third kappa shape index (κ3) is 4.78. The molecule has 0 heterocycles. The molecule has 2 aliphatic carbocycles. The Labute approximate surface area is 161 Å². The number of benzene rings is 1. The second-order valence-electron chi connectivity index (χ2n) is 7.41. The van der Waals surface area contributed by atoms with Crippen molar-refractivity contribution < 1.29 is 9.90 Å². The molecular weight excluding hydrogens is 334 g/mol. The van der Waals surface area contributed by atoms with Crippen molar-refractivity contribution in [3.05, 3.63) is 71.3 Å². The van der Waals surface area contributed by atoms with Crippen molar-refractivity contribution in [1.29, 1.82) is 0 Å². The number of amides is 1. The second kappa shape index (κ2) is 8.41. The average Bonchev–Trinajstić information content (AvgIpc) is 2.86. The van der Waals surface area contributed by atoms with Crippen molar-refractivity contribution >= 4 is 5.91 Å². The van der Waals surface area contributed by atoms with Crippen LogP contribution in [-0.2, 0) is 10.4 Å². The van der Waals surface area contributed by atoms with Crippen molar-refractivity contribution in [2.45, 2.75) is 51.2 Å². The first kappa shape index (κ1) is 19.2. The highest BCUT2D eigenvalue weighted by Crippen LogP contribution is 2.24. The summed E-state index contributed by atoms with van der Waals surface area (Å²) in [6.45, 7) is 3.77. The van der Waals surface area contributed by atoms with E-state index in [-0.39, 0.29) is 11.8 Å². The van der Waals surface area contributed by atoms with Crippen LogP contribution in [0.5, 0.6) is 0 Å². The first-order valence-electron chi connectivity index (χ1n) is 9.71. The number of carbonyl (C=O) groups excluding carboxylic acids is 1. The highest BCUT2D eigenvalue weighted by molar-refractivity contribution is 5.95. The lowest BCUT2D eigenvalue weighted by atomic mass is 9.91. The Bertz CT molecular complexity index is 830. The standard InChI is InChI=1S/C24H27NO2/c1-3-19-14-12-18(13-15-22(19)23(26)25-21-10-7-11-21)16-17-24(2,27)20-8-5-4-6-9-20/h4-6,8-9,12-15,19,21,27H,3,7,10-11H2,1-2H3,(H,25,26). The molecule has 0 aliphatic heterocycles. The number of hydrogen-bond donors (Lipinski definition) is 2. The van der Waals surface area contributed by atoms with Crippen LogP contribution in [0.2, 0.25) is 0 Å². The Kier molecular flexibility index (Phi) is 5.98. The van der Waals surface area contributed by atoms with Gasteiger partial charge in [-0.15, -0.1) is 0 Å². The predicted molar refractivity (Wildman–Crippen MR) is 109 cm³/mol. The fourth-order valence-corrected chi connectivity index (χ4v) is 3.22. The minimum Gasteiger partial charge on any atom is -0.374 e. The van der Waals surface area contributed by atoms with Gasteiger partial charge in [-0.25, -0.2) is 0 Å². The Hall–Kier alpha value is -2.57. The SMILES string of the molecule is CCC1C=CC(C#CC(C)(O)c2ccccc2)=CC=C1C(=O)NC1CCC1. The fourth-order valence-electron chi connectivity index (χ4n) is 3.22. The van der Waals surface area contributed by atoms with Crippen LogP contribution in [0.15, 0.2) is 65.8 Å². The lowest BCUT2D eigenvalue weighted by Crippen LogP contribution is -2.41. The quantitative estimate of drug-likeness (QED) is 0.796. The maximum Gasteiger partial charge on any atom is 0.248 e. The van der Waals surface area contributed by atoms with E-state index in [4.69, 9.17) is 0 Å². The van der Waals surface area contributed by atoms with Gasteiger partial charge in [0.25, 0.3) is 0 Å². The molecule has 0 aromatic heterocycles. The Balaban J connectivity index is 1.80. The minimum absolute atomic E-state index is 0.0259. The van der Waals surface area contributed by atoms with E-state index in [2.05, 4.69) is 24.1 Å². The third-order valence-electron chi connectivity index (χ3n) is 5.28. The molecule has 2 aliphatic rings. The number of nitrogens with one attached hydrogen (secondary N) is 1. The van der Waals surface area contributed by atoms with Crippen LogP contribution in [-0.4, -0.2) is 17.1 Å². The summed E-state index contributed by atoms with van der Waals surface area (Å²) >= 11 is 0. The lowest BCUT2D eigenvalue weighted by molar-refractivity contribution is -0.119. The average molecular weight is 361 g/mol. The van der Waals surface area contributed by atoms with E-state index in [0.29, 0.717) is 6.04 Å². The molecule has 3 rings (SSSR count). The van der Waals surface area contributed by atoms with Gasteiger partial charge in [-0.1, -0.05) is 61.2 Å². The van der Waals surface area contributed by atoms with Crippen molar-refractivity contribution in [3.63, 3.8) is 0 Å². The van der Waals surface area contributed by atoms with Crippen molar-refractivity contribution in [1.82, 2.24) is 5.32 Å². The molecule has 0 spiro atoms. The van der Waals surface area contributed by atoms with Gasteiger partial charge in [0.05, 0.1) is 0 Å². The molecular formula is C24H27NO2. The highest BCUT2D eigenvalue weighted by atomic mass is 16.3. The zero-order chi connectivity index (χ0) is 19.3. The van der Waals surface area contributed by atoms with Gasteiger partial charge in [-0.3, -0.25) is 4.79 Å². The molecule has 1 aromatic rings. The molecule has 2 atom stereocenters. The lowest BCUT2D eigenvalue weighted by Gasteiger charge is -2.27. The number of carbonyl (C=O) groups is 1. The van der Waals surface area contributed by atoms with E-state index in [1.165, 1.54) is 6.42 Å². The van der Waals surface area contributed by atoms with Gasteiger partial charge in [0.15, 0.2) is 0 Å². The van der Waals surface area contributed by atoms with Gasteiger partial charge in [0, 0.05) is 23.1 Å². The first-order chi connectivity index (χ1) is 13.0. The molecule has 0 bridgehead atoms. The summed E-state index contributed by atoms with van der Waals surface area (Å²) in [4.78, 5) is 12.6. The topological polar surface area (TPSA) is 49.3 Å². The molecule has 27 heavy (non-hydrogen) atoms. The van der Waals surface area contributed by atoms with E-state index >= 15 is 0 Å². The monoisotopic (exact) mass is 361 g/mol. The molecule has 0 radical (unpaired) electrons. The molecule has 1 saturated carbocycles. The van der Waals surface area contributed by atoms with Gasteiger partial charge in [0.2, 0.25) is 5.91 Å². The van der Waals surface area contributed by atoms with Crippen LogP contribution >= 0.6 is 0 Å². The van der Waals surface area contributed by atoms with E-state index in [1.807, 2.05) is 54.6 Å². The number of rotatable bonds is 4. The summed E-state index contributed by atoms with van der Waals surface area (Å²) in [6.07, 6.45) is 11.9.